The van der Waals surface area contributed by atoms with Gasteiger partial charge in [-0.05, 0) is 30.4 Å². The van der Waals surface area contributed by atoms with Gasteiger partial charge in [-0.1, -0.05) is 41.6 Å². The molecule has 6 heteroatoms. The highest BCUT2D eigenvalue weighted by molar-refractivity contribution is 5.92. The van der Waals surface area contributed by atoms with Crippen LogP contribution in [0.25, 0.3) is 5.57 Å². The average Bonchev–Trinajstić information content (AvgIpc) is 3.18. The molecule has 6 nitrogen and oxygen atoms in total. The van der Waals surface area contributed by atoms with Gasteiger partial charge < -0.3 is 14.5 Å². The minimum atomic E-state index is -0.193. The van der Waals surface area contributed by atoms with Crippen LogP contribution in [-0.2, 0) is 6.54 Å². The zero-order valence-electron chi connectivity index (χ0n) is 15.4. The van der Waals surface area contributed by atoms with Gasteiger partial charge in [0.25, 0.3) is 5.91 Å². The highest BCUT2D eigenvalue weighted by atomic mass is 16.5. The summed E-state index contributed by atoms with van der Waals surface area (Å²) < 4.78 is 5.38. The minimum absolute atomic E-state index is 0.0811. The van der Waals surface area contributed by atoms with Crippen LogP contribution >= 0.6 is 0 Å². The van der Waals surface area contributed by atoms with E-state index in [1.165, 1.54) is 11.1 Å². The molecule has 2 aliphatic heterocycles. The summed E-state index contributed by atoms with van der Waals surface area (Å²) >= 11 is 0. The zero-order chi connectivity index (χ0) is 18.6. The molecule has 27 heavy (non-hydrogen) atoms. The summed E-state index contributed by atoms with van der Waals surface area (Å²) in [6, 6.07) is 12.0. The van der Waals surface area contributed by atoms with Crippen molar-refractivity contribution in [1.29, 1.82) is 0 Å². The molecule has 2 aromatic rings. The Balaban J connectivity index is 1.35. The Labute approximate surface area is 159 Å². The van der Waals surface area contributed by atoms with Crippen LogP contribution in [0.5, 0.6) is 0 Å². The first kappa shape index (κ1) is 17.9. The van der Waals surface area contributed by atoms with Crippen LogP contribution in [0.3, 0.4) is 0 Å². The number of aliphatic hydroxyl groups is 1. The molecular formula is C21H25N3O3. The number of hydrogen-bond acceptors (Lipinski definition) is 5. The largest absolute Gasteiger partial charge is 0.393 e. The molecule has 1 fully saturated rings. The fourth-order valence-electron chi connectivity index (χ4n) is 3.72. The Morgan fingerprint density at radius 3 is 2.67 bits per heavy atom. The molecule has 0 unspecified atom stereocenters. The Morgan fingerprint density at radius 2 is 1.96 bits per heavy atom. The van der Waals surface area contributed by atoms with Crippen molar-refractivity contribution in [3.8, 4) is 0 Å². The van der Waals surface area contributed by atoms with Gasteiger partial charge in [-0.15, -0.1) is 0 Å². The van der Waals surface area contributed by atoms with E-state index in [9.17, 15) is 9.90 Å². The van der Waals surface area contributed by atoms with E-state index in [1.54, 1.807) is 6.07 Å². The van der Waals surface area contributed by atoms with Crippen molar-refractivity contribution in [2.45, 2.75) is 31.9 Å². The second-order valence-corrected chi connectivity index (χ2v) is 7.28. The van der Waals surface area contributed by atoms with Gasteiger partial charge in [0, 0.05) is 32.2 Å². The monoisotopic (exact) mass is 367 g/mol. The van der Waals surface area contributed by atoms with Crippen LogP contribution in [0, 0.1) is 0 Å². The lowest BCUT2D eigenvalue weighted by Gasteiger charge is -2.28. The van der Waals surface area contributed by atoms with Crippen molar-refractivity contribution in [2.24, 2.45) is 0 Å². The number of amides is 1. The molecular weight excluding hydrogens is 342 g/mol. The molecule has 0 radical (unpaired) electrons. The molecule has 0 saturated carbocycles. The quantitative estimate of drug-likeness (QED) is 0.899. The van der Waals surface area contributed by atoms with E-state index in [4.69, 9.17) is 4.52 Å². The number of rotatable bonds is 4. The fourth-order valence-corrected chi connectivity index (χ4v) is 3.72. The van der Waals surface area contributed by atoms with E-state index in [-0.39, 0.29) is 12.0 Å². The molecule has 1 saturated heterocycles. The van der Waals surface area contributed by atoms with Crippen molar-refractivity contribution in [3.05, 3.63) is 59.5 Å². The number of piperidine rings is 1. The lowest BCUT2D eigenvalue weighted by Crippen LogP contribution is -2.35. The van der Waals surface area contributed by atoms with Gasteiger partial charge in [-0.2, -0.15) is 0 Å². The molecule has 1 N–H and O–H groups in total. The van der Waals surface area contributed by atoms with E-state index < -0.39 is 0 Å². The van der Waals surface area contributed by atoms with Gasteiger partial charge in [0.1, 0.15) is 0 Å². The van der Waals surface area contributed by atoms with Crippen LogP contribution in [-0.4, -0.2) is 58.3 Å². The Kier molecular flexibility index (Phi) is 5.36. The Bertz CT molecular complexity index is 807. The highest BCUT2D eigenvalue weighted by Crippen LogP contribution is 2.23. The van der Waals surface area contributed by atoms with Gasteiger partial charge in [0.15, 0.2) is 11.5 Å². The van der Waals surface area contributed by atoms with Crippen LogP contribution in [0.4, 0.5) is 0 Å². The van der Waals surface area contributed by atoms with Gasteiger partial charge in [0.2, 0.25) is 0 Å². The number of aliphatic hydroxyl groups excluding tert-OH is 1. The minimum Gasteiger partial charge on any atom is -0.393 e. The summed E-state index contributed by atoms with van der Waals surface area (Å²) in [5, 5.41) is 13.6. The summed E-state index contributed by atoms with van der Waals surface area (Å²) in [7, 11) is 0. The third kappa shape index (κ3) is 4.28. The summed E-state index contributed by atoms with van der Waals surface area (Å²) in [6.07, 6.45) is 4.34. The van der Waals surface area contributed by atoms with Gasteiger partial charge in [-0.25, -0.2) is 0 Å². The summed E-state index contributed by atoms with van der Waals surface area (Å²) in [5.74, 6) is 0.620. The molecule has 1 amide bonds. The number of benzene rings is 1. The average molecular weight is 367 g/mol. The first-order valence-electron chi connectivity index (χ1n) is 9.59. The van der Waals surface area contributed by atoms with E-state index in [0.717, 1.165) is 32.4 Å². The van der Waals surface area contributed by atoms with Gasteiger partial charge in [0.05, 0.1) is 12.6 Å². The lowest BCUT2D eigenvalue weighted by molar-refractivity contribution is 0.0740. The first-order valence-corrected chi connectivity index (χ1v) is 9.59. The summed E-state index contributed by atoms with van der Waals surface area (Å²) in [4.78, 5) is 16.7. The molecule has 3 heterocycles. The number of nitrogens with zero attached hydrogens (tertiary/aromatic N) is 3. The number of aromatic nitrogens is 1. The predicted octanol–water partition coefficient (Wildman–Crippen LogP) is 2.56. The van der Waals surface area contributed by atoms with Crippen LogP contribution in [0.2, 0.25) is 0 Å². The number of carbonyl (C=O) groups excluding carboxylic acids is 1. The molecule has 4 rings (SSSR count). The SMILES string of the molecule is O=C(c1cc(CN2CCC(O)CC2)on1)N1CC=C(c2ccccc2)CC1. The third-order valence-electron chi connectivity index (χ3n) is 5.36. The molecule has 0 spiro atoms. The zero-order valence-corrected chi connectivity index (χ0v) is 15.4. The van der Waals surface area contributed by atoms with E-state index in [2.05, 4.69) is 28.3 Å². The molecule has 0 bridgehead atoms. The molecule has 1 aromatic carbocycles. The molecule has 0 aliphatic carbocycles. The predicted molar refractivity (Wildman–Crippen MR) is 102 cm³/mol. The number of carbonyl (C=O) groups is 1. The van der Waals surface area contributed by atoms with Crippen molar-refractivity contribution in [3.63, 3.8) is 0 Å². The van der Waals surface area contributed by atoms with Crippen molar-refractivity contribution >= 4 is 11.5 Å². The maximum absolute atomic E-state index is 12.7. The topological polar surface area (TPSA) is 69.8 Å². The molecule has 0 atom stereocenters. The third-order valence-corrected chi connectivity index (χ3v) is 5.36. The Hall–Kier alpha value is -2.44. The standard InChI is InChI=1S/C21H25N3O3/c25-18-8-10-23(11-9-18)15-19-14-20(22-27-19)21(26)24-12-6-17(7-13-24)16-4-2-1-3-5-16/h1-6,14,18,25H,7-13,15H2. The fraction of sp³-hybridized carbons (Fsp3) is 0.429. The first-order chi connectivity index (χ1) is 13.2. The summed E-state index contributed by atoms with van der Waals surface area (Å²) in [5.41, 5.74) is 2.88. The number of likely N-dealkylation sites (tertiary alicyclic amines) is 1. The normalized spacial score (nSPS) is 19.1. The summed E-state index contributed by atoms with van der Waals surface area (Å²) in [6.45, 7) is 3.58. The molecule has 142 valence electrons. The smallest absolute Gasteiger partial charge is 0.276 e. The molecule has 1 aromatic heterocycles. The van der Waals surface area contributed by atoms with Crippen LogP contribution in [0.1, 0.15) is 41.1 Å². The second kappa shape index (κ2) is 8.06. The van der Waals surface area contributed by atoms with E-state index in [0.29, 0.717) is 31.1 Å². The van der Waals surface area contributed by atoms with Gasteiger partial charge >= 0.3 is 0 Å². The van der Waals surface area contributed by atoms with Crippen molar-refractivity contribution in [1.82, 2.24) is 15.0 Å². The highest BCUT2D eigenvalue weighted by Gasteiger charge is 2.24. The molecule has 2 aliphatic rings. The van der Waals surface area contributed by atoms with Crippen molar-refractivity contribution in [2.75, 3.05) is 26.2 Å². The van der Waals surface area contributed by atoms with E-state index >= 15 is 0 Å². The van der Waals surface area contributed by atoms with Crippen LogP contribution in [0.15, 0.2) is 47.0 Å². The maximum Gasteiger partial charge on any atom is 0.276 e. The lowest BCUT2D eigenvalue weighted by atomic mass is 9.99. The van der Waals surface area contributed by atoms with Crippen molar-refractivity contribution < 1.29 is 14.4 Å². The van der Waals surface area contributed by atoms with E-state index in [1.807, 2.05) is 23.1 Å². The number of hydrogen-bond donors (Lipinski definition) is 1. The Morgan fingerprint density at radius 1 is 1.19 bits per heavy atom. The maximum atomic E-state index is 12.7. The second-order valence-electron chi connectivity index (χ2n) is 7.28. The van der Waals surface area contributed by atoms with Gasteiger partial charge in [-0.3, -0.25) is 9.69 Å². The van der Waals surface area contributed by atoms with Crippen LogP contribution < -0.4 is 0 Å².